The molecule has 0 radical (unpaired) electrons. The highest BCUT2D eigenvalue weighted by Gasteiger charge is 2.37. The van der Waals surface area contributed by atoms with Crippen molar-refractivity contribution in [2.24, 2.45) is 11.7 Å². The van der Waals surface area contributed by atoms with Crippen LogP contribution in [-0.4, -0.2) is 42.0 Å². The number of hydrogen-bond donors (Lipinski definition) is 2. The van der Waals surface area contributed by atoms with Gasteiger partial charge in [-0.1, -0.05) is 0 Å². The van der Waals surface area contributed by atoms with Crippen molar-refractivity contribution >= 4 is 5.91 Å². The van der Waals surface area contributed by atoms with E-state index in [1.54, 1.807) is 0 Å². The lowest BCUT2D eigenvalue weighted by atomic mass is 10.0. The predicted octanol–water partition coefficient (Wildman–Crippen LogP) is -0.0659. The summed E-state index contributed by atoms with van der Waals surface area (Å²) in [6, 6.07) is 0.587. The van der Waals surface area contributed by atoms with Crippen LogP contribution in [0.2, 0.25) is 0 Å². The van der Waals surface area contributed by atoms with Crippen LogP contribution in [0, 0.1) is 5.92 Å². The lowest BCUT2D eigenvalue weighted by molar-refractivity contribution is -0.121. The van der Waals surface area contributed by atoms with E-state index in [2.05, 4.69) is 24.1 Å². The number of nitrogens with two attached hydrogens (primary N) is 1. The number of likely N-dealkylation sites (tertiary alicyclic amines) is 1. The van der Waals surface area contributed by atoms with Gasteiger partial charge in [0.05, 0.1) is 5.92 Å². The van der Waals surface area contributed by atoms with Gasteiger partial charge >= 0.3 is 0 Å². The molecule has 2 unspecified atom stereocenters. The molecule has 2 atom stereocenters. The molecule has 86 valence electrons. The molecule has 2 heterocycles. The summed E-state index contributed by atoms with van der Waals surface area (Å²) in [5, 5.41) is 3.51. The van der Waals surface area contributed by atoms with Gasteiger partial charge in [0.25, 0.3) is 0 Å². The molecular weight excluding hydrogens is 190 g/mol. The highest BCUT2D eigenvalue weighted by molar-refractivity contribution is 5.77. The van der Waals surface area contributed by atoms with Gasteiger partial charge in [0.1, 0.15) is 0 Å². The Kier molecular flexibility index (Phi) is 2.73. The first kappa shape index (κ1) is 10.9. The zero-order chi connectivity index (χ0) is 11.1. The maximum absolute atomic E-state index is 11.1. The number of nitrogens with one attached hydrogen (secondary N) is 1. The lowest BCUT2D eigenvalue weighted by Crippen LogP contribution is -2.36. The molecule has 4 heteroatoms. The van der Waals surface area contributed by atoms with Gasteiger partial charge in [0, 0.05) is 24.7 Å². The van der Waals surface area contributed by atoms with Crippen molar-refractivity contribution in [2.75, 3.05) is 19.6 Å². The van der Waals surface area contributed by atoms with Crippen LogP contribution in [-0.2, 0) is 4.79 Å². The number of carbonyl (C=O) groups is 1. The molecule has 3 N–H and O–H groups in total. The van der Waals surface area contributed by atoms with Gasteiger partial charge < -0.3 is 11.1 Å². The van der Waals surface area contributed by atoms with E-state index in [-0.39, 0.29) is 17.4 Å². The van der Waals surface area contributed by atoms with Crippen LogP contribution in [0.5, 0.6) is 0 Å². The van der Waals surface area contributed by atoms with Crippen LogP contribution >= 0.6 is 0 Å². The molecule has 0 aliphatic carbocycles. The Hall–Kier alpha value is -0.610. The number of hydrogen-bond acceptors (Lipinski definition) is 3. The first-order chi connectivity index (χ1) is 6.98. The Balaban J connectivity index is 1.89. The van der Waals surface area contributed by atoms with Gasteiger partial charge in [-0.15, -0.1) is 0 Å². The molecule has 2 aliphatic rings. The summed E-state index contributed by atoms with van der Waals surface area (Å²) in [7, 11) is 0. The number of rotatable bonds is 2. The topological polar surface area (TPSA) is 58.4 Å². The maximum Gasteiger partial charge on any atom is 0.221 e. The van der Waals surface area contributed by atoms with Crippen LogP contribution in [0.3, 0.4) is 0 Å². The fourth-order valence-electron chi connectivity index (χ4n) is 2.74. The molecule has 4 nitrogen and oxygen atoms in total. The second-order valence-corrected chi connectivity index (χ2v) is 5.51. The van der Waals surface area contributed by atoms with Crippen molar-refractivity contribution in [3.8, 4) is 0 Å². The van der Waals surface area contributed by atoms with Gasteiger partial charge in [-0.3, -0.25) is 9.69 Å². The number of carbonyl (C=O) groups excluding carboxylic acids is 1. The Morgan fingerprint density at radius 2 is 2.27 bits per heavy atom. The summed E-state index contributed by atoms with van der Waals surface area (Å²) in [5.74, 6) is -0.0589. The van der Waals surface area contributed by atoms with Gasteiger partial charge in [0.15, 0.2) is 0 Å². The third-order valence-electron chi connectivity index (χ3n) is 3.70. The van der Waals surface area contributed by atoms with Crippen molar-refractivity contribution in [3.63, 3.8) is 0 Å². The smallest absolute Gasteiger partial charge is 0.221 e. The summed E-state index contributed by atoms with van der Waals surface area (Å²) in [5.41, 5.74) is 5.58. The molecule has 2 aliphatic heterocycles. The van der Waals surface area contributed by atoms with E-state index in [9.17, 15) is 4.79 Å². The molecule has 1 amide bonds. The standard InChI is InChI=1S/C11H21N3O/c1-11(2)5-9(6-13-11)14-4-3-8(7-14)10(12)15/h8-9,13H,3-7H2,1-2H3,(H2,12,15). The molecule has 15 heavy (non-hydrogen) atoms. The molecule has 0 aromatic heterocycles. The second-order valence-electron chi connectivity index (χ2n) is 5.51. The van der Waals surface area contributed by atoms with Crippen molar-refractivity contribution in [3.05, 3.63) is 0 Å². The van der Waals surface area contributed by atoms with E-state index in [0.717, 1.165) is 26.1 Å². The Bertz CT molecular complexity index is 265. The Labute approximate surface area is 91.2 Å². The highest BCUT2D eigenvalue weighted by atomic mass is 16.1. The zero-order valence-corrected chi connectivity index (χ0v) is 9.62. The SMILES string of the molecule is CC1(C)CC(N2CCC(C(N)=O)C2)CN1. The lowest BCUT2D eigenvalue weighted by Gasteiger charge is -2.24. The summed E-state index contributed by atoms with van der Waals surface area (Å²) >= 11 is 0. The molecule has 2 rings (SSSR count). The predicted molar refractivity (Wildman–Crippen MR) is 59.4 cm³/mol. The maximum atomic E-state index is 11.1. The highest BCUT2D eigenvalue weighted by Crippen LogP contribution is 2.26. The van der Waals surface area contributed by atoms with Gasteiger partial charge in [-0.25, -0.2) is 0 Å². The summed E-state index contributed by atoms with van der Waals surface area (Å²) < 4.78 is 0. The van der Waals surface area contributed by atoms with E-state index in [4.69, 9.17) is 5.73 Å². The average Bonchev–Trinajstić information content (AvgIpc) is 2.70. The second kappa shape index (κ2) is 3.76. The molecule has 0 bridgehead atoms. The van der Waals surface area contributed by atoms with E-state index < -0.39 is 0 Å². The summed E-state index contributed by atoms with van der Waals surface area (Å²) in [6.45, 7) is 7.38. The van der Waals surface area contributed by atoms with Crippen molar-refractivity contribution in [1.82, 2.24) is 10.2 Å². The normalized spacial score (nSPS) is 35.9. The molecular formula is C11H21N3O. The number of nitrogens with zero attached hydrogens (tertiary/aromatic N) is 1. The van der Waals surface area contributed by atoms with Gasteiger partial charge in [-0.05, 0) is 33.2 Å². The van der Waals surface area contributed by atoms with Crippen LogP contribution < -0.4 is 11.1 Å². The number of amides is 1. The van der Waals surface area contributed by atoms with Gasteiger partial charge in [-0.2, -0.15) is 0 Å². The Morgan fingerprint density at radius 3 is 2.73 bits per heavy atom. The van der Waals surface area contributed by atoms with Crippen LogP contribution in [0.25, 0.3) is 0 Å². The molecule has 0 aromatic carbocycles. The van der Waals surface area contributed by atoms with E-state index in [1.165, 1.54) is 6.42 Å². The number of primary amides is 1. The van der Waals surface area contributed by atoms with Crippen molar-refractivity contribution < 1.29 is 4.79 Å². The van der Waals surface area contributed by atoms with Crippen LogP contribution in [0.15, 0.2) is 0 Å². The Morgan fingerprint density at radius 1 is 1.53 bits per heavy atom. The van der Waals surface area contributed by atoms with Crippen molar-refractivity contribution in [2.45, 2.75) is 38.3 Å². The monoisotopic (exact) mass is 211 g/mol. The quantitative estimate of drug-likeness (QED) is 0.672. The third kappa shape index (κ3) is 2.32. The first-order valence-electron chi connectivity index (χ1n) is 5.76. The molecule has 2 saturated heterocycles. The fourth-order valence-corrected chi connectivity index (χ4v) is 2.74. The van der Waals surface area contributed by atoms with E-state index in [0.29, 0.717) is 6.04 Å². The van der Waals surface area contributed by atoms with Crippen LogP contribution in [0.4, 0.5) is 0 Å². The van der Waals surface area contributed by atoms with Crippen LogP contribution in [0.1, 0.15) is 26.7 Å². The minimum absolute atomic E-state index is 0.0775. The average molecular weight is 211 g/mol. The summed E-state index contributed by atoms with van der Waals surface area (Å²) in [6.07, 6.45) is 2.10. The summed E-state index contributed by atoms with van der Waals surface area (Å²) in [4.78, 5) is 13.5. The van der Waals surface area contributed by atoms with E-state index >= 15 is 0 Å². The molecule has 0 aromatic rings. The molecule has 0 saturated carbocycles. The van der Waals surface area contributed by atoms with Gasteiger partial charge in [0.2, 0.25) is 5.91 Å². The minimum atomic E-state index is -0.136. The molecule has 0 spiro atoms. The molecule has 2 fully saturated rings. The van der Waals surface area contributed by atoms with Crippen molar-refractivity contribution in [1.29, 1.82) is 0 Å². The van der Waals surface area contributed by atoms with E-state index in [1.807, 2.05) is 0 Å². The first-order valence-corrected chi connectivity index (χ1v) is 5.76. The largest absolute Gasteiger partial charge is 0.369 e. The minimum Gasteiger partial charge on any atom is -0.369 e. The zero-order valence-electron chi connectivity index (χ0n) is 9.62. The third-order valence-corrected chi connectivity index (χ3v) is 3.70. The fraction of sp³-hybridized carbons (Fsp3) is 0.909.